The van der Waals surface area contributed by atoms with Gasteiger partial charge in [-0.2, -0.15) is 0 Å². The molecule has 0 spiro atoms. The molecule has 0 radical (unpaired) electrons. The molecule has 0 unspecified atom stereocenters. The van der Waals surface area contributed by atoms with Crippen molar-refractivity contribution in [2.75, 3.05) is 0 Å². The van der Waals surface area contributed by atoms with Crippen LogP contribution in [0.3, 0.4) is 0 Å². The van der Waals surface area contributed by atoms with E-state index in [1.54, 1.807) is 32.3 Å². The SMILES string of the molecule is Cn1c(=O)n(C)c2cc(CNS(=O)(=O)c3ccc(F)cc3)ccc21. The lowest BCUT2D eigenvalue weighted by molar-refractivity contribution is 0.580. The number of rotatable bonds is 4. The number of hydrogen-bond donors (Lipinski definition) is 1. The number of nitrogens with one attached hydrogen (secondary N) is 1. The number of benzene rings is 2. The molecule has 1 heterocycles. The van der Waals surface area contributed by atoms with E-state index < -0.39 is 15.8 Å². The van der Waals surface area contributed by atoms with Crippen molar-refractivity contribution in [3.05, 3.63) is 64.3 Å². The lowest BCUT2D eigenvalue weighted by atomic mass is 10.2. The molecule has 3 rings (SSSR count). The smallest absolute Gasteiger partial charge is 0.295 e. The first-order chi connectivity index (χ1) is 11.3. The minimum Gasteiger partial charge on any atom is -0.295 e. The Kier molecular flexibility index (Phi) is 4.02. The third-order valence-electron chi connectivity index (χ3n) is 3.93. The van der Waals surface area contributed by atoms with E-state index in [2.05, 4.69) is 4.72 Å². The number of hydrogen-bond acceptors (Lipinski definition) is 3. The average molecular weight is 349 g/mol. The first-order valence-corrected chi connectivity index (χ1v) is 8.67. The molecule has 0 bridgehead atoms. The largest absolute Gasteiger partial charge is 0.328 e. The van der Waals surface area contributed by atoms with Gasteiger partial charge < -0.3 is 0 Å². The molecule has 2 aromatic carbocycles. The van der Waals surface area contributed by atoms with Crippen molar-refractivity contribution in [1.29, 1.82) is 0 Å². The summed E-state index contributed by atoms with van der Waals surface area (Å²) in [6.07, 6.45) is 0. The second-order valence-electron chi connectivity index (χ2n) is 5.50. The van der Waals surface area contributed by atoms with Crippen molar-refractivity contribution in [3.8, 4) is 0 Å². The van der Waals surface area contributed by atoms with Gasteiger partial charge in [0.25, 0.3) is 0 Å². The monoisotopic (exact) mass is 349 g/mol. The van der Waals surface area contributed by atoms with Crippen LogP contribution in [0.5, 0.6) is 0 Å². The molecule has 0 saturated carbocycles. The summed E-state index contributed by atoms with van der Waals surface area (Å²) in [6.45, 7) is 0.0682. The molecule has 0 saturated heterocycles. The van der Waals surface area contributed by atoms with E-state index in [0.717, 1.165) is 28.7 Å². The Morgan fingerprint density at radius 2 is 1.62 bits per heavy atom. The summed E-state index contributed by atoms with van der Waals surface area (Å²) in [5.74, 6) is -0.496. The molecule has 0 amide bonds. The third kappa shape index (κ3) is 2.85. The molecule has 8 heteroatoms. The second-order valence-corrected chi connectivity index (χ2v) is 7.27. The van der Waals surface area contributed by atoms with Crippen molar-refractivity contribution in [3.63, 3.8) is 0 Å². The lowest BCUT2D eigenvalue weighted by Crippen LogP contribution is -2.23. The molecule has 0 atom stereocenters. The van der Waals surface area contributed by atoms with Crippen molar-refractivity contribution < 1.29 is 12.8 Å². The zero-order chi connectivity index (χ0) is 17.5. The molecular formula is C16H16FN3O3S. The summed E-state index contributed by atoms with van der Waals surface area (Å²) < 4.78 is 42.8. The van der Waals surface area contributed by atoms with Crippen LogP contribution in [0, 0.1) is 5.82 Å². The molecule has 1 aromatic heterocycles. The number of sulfonamides is 1. The summed E-state index contributed by atoms with van der Waals surface area (Å²) in [4.78, 5) is 11.9. The zero-order valence-electron chi connectivity index (χ0n) is 13.2. The highest BCUT2D eigenvalue weighted by molar-refractivity contribution is 7.89. The van der Waals surface area contributed by atoms with Gasteiger partial charge >= 0.3 is 5.69 Å². The summed E-state index contributed by atoms with van der Waals surface area (Å²) in [5.41, 5.74) is 2.07. The van der Waals surface area contributed by atoms with Crippen molar-refractivity contribution in [2.45, 2.75) is 11.4 Å². The number of aryl methyl sites for hydroxylation is 2. The van der Waals surface area contributed by atoms with Crippen LogP contribution >= 0.6 is 0 Å². The molecule has 1 N–H and O–H groups in total. The fourth-order valence-corrected chi connectivity index (χ4v) is 3.56. The highest BCUT2D eigenvalue weighted by atomic mass is 32.2. The van der Waals surface area contributed by atoms with Crippen LogP contribution in [-0.4, -0.2) is 17.6 Å². The standard InChI is InChI=1S/C16H16FN3O3S/c1-19-14-8-3-11(9-15(14)20(2)16(19)21)10-18-24(22,23)13-6-4-12(17)5-7-13/h3-9,18H,10H2,1-2H3. The van der Waals surface area contributed by atoms with Gasteiger partial charge in [0.2, 0.25) is 10.0 Å². The summed E-state index contributed by atoms with van der Waals surface area (Å²) in [7, 11) is -0.386. The number of halogens is 1. The topological polar surface area (TPSA) is 73.1 Å². The Morgan fingerprint density at radius 3 is 2.29 bits per heavy atom. The van der Waals surface area contributed by atoms with Gasteiger partial charge in [-0.3, -0.25) is 9.13 Å². The Labute approximate surface area is 138 Å². The maximum atomic E-state index is 12.9. The summed E-state index contributed by atoms with van der Waals surface area (Å²) in [6, 6.07) is 9.92. The van der Waals surface area contributed by atoms with Crippen molar-refractivity contribution >= 4 is 21.1 Å². The Morgan fingerprint density at radius 1 is 1.00 bits per heavy atom. The third-order valence-corrected chi connectivity index (χ3v) is 5.34. The molecule has 0 aliphatic carbocycles. The van der Waals surface area contributed by atoms with Gasteiger partial charge in [0.15, 0.2) is 0 Å². The van der Waals surface area contributed by atoms with Crippen LogP contribution in [0.1, 0.15) is 5.56 Å². The molecule has 0 aliphatic heterocycles. The van der Waals surface area contributed by atoms with Gasteiger partial charge in [0.1, 0.15) is 5.82 Å². The fraction of sp³-hybridized carbons (Fsp3) is 0.188. The van der Waals surface area contributed by atoms with Gasteiger partial charge in [-0.25, -0.2) is 22.3 Å². The first kappa shape index (κ1) is 16.4. The summed E-state index contributed by atoms with van der Waals surface area (Å²) >= 11 is 0. The van der Waals surface area contributed by atoms with E-state index in [-0.39, 0.29) is 17.1 Å². The molecular weight excluding hydrogens is 333 g/mol. The van der Waals surface area contributed by atoms with Crippen LogP contribution in [0.4, 0.5) is 4.39 Å². The minimum atomic E-state index is -3.73. The first-order valence-electron chi connectivity index (χ1n) is 7.19. The normalized spacial score (nSPS) is 12.0. The van der Waals surface area contributed by atoms with Gasteiger partial charge in [-0.15, -0.1) is 0 Å². The molecule has 24 heavy (non-hydrogen) atoms. The van der Waals surface area contributed by atoms with Gasteiger partial charge in [0, 0.05) is 20.6 Å². The van der Waals surface area contributed by atoms with Crippen molar-refractivity contribution in [2.24, 2.45) is 14.1 Å². The molecule has 3 aromatic rings. The van der Waals surface area contributed by atoms with Gasteiger partial charge in [0.05, 0.1) is 15.9 Å². The van der Waals surface area contributed by atoms with E-state index in [4.69, 9.17) is 0 Å². The predicted octanol–water partition coefficient (Wildman–Crippen LogP) is 1.49. The van der Waals surface area contributed by atoms with Crippen LogP contribution in [0.25, 0.3) is 11.0 Å². The predicted molar refractivity (Wildman–Crippen MR) is 88.6 cm³/mol. The average Bonchev–Trinajstić information content (AvgIpc) is 2.78. The fourth-order valence-electron chi connectivity index (χ4n) is 2.54. The highest BCUT2D eigenvalue weighted by Crippen LogP contribution is 2.15. The van der Waals surface area contributed by atoms with Gasteiger partial charge in [-0.1, -0.05) is 6.07 Å². The molecule has 0 aliphatic rings. The van der Waals surface area contributed by atoms with E-state index in [1.165, 1.54) is 21.3 Å². The van der Waals surface area contributed by atoms with Crippen molar-refractivity contribution in [1.82, 2.24) is 13.9 Å². The Balaban J connectivity index is 1.86. The maximum Gasteiger partial charge on any atom is 0.328 e. The number of fused-ring (bicyclic) bond motifs is 1. The Hall–Kier alpha value is -2.45. The van der Waals surface area contributed by atoms with Crippen LogP contribution < -0.4 is 10.4 Å². The second kappa shape index (κ2) is 5.88. The molecule has 6 nitrogen and oxygen atoms in total. The van der Waals surface area contributed by atoms with Crippen LogP contribution in [0.15, 0.2) is 52.2 Å². The van der Waals surface area contributed by atoms with Crippen LogP contribution in [0.2, 0.25) is 0 Å². The zero-order valence-corrected chi connectivity index (χ0v) is 14.0. The minimum absolute atomic E-state index is 0.00270. The van der Waals surface area contributed by atoms with E-state index >= 15 is 0 Å². The highest BCUT2D eigenvalue weighted by Gasteiger charge is 2.14. The quantitative estimate of drug-likeness (QED) is 0.776. The lowest BCUT2D eigenvalue weighted by Gasteiger charge is -2.07. The van der Waals surface area contributed by atoms with Gasteiger partial charge in [-0.05, 0) is 42.0 Å². The maximum absolute atomic E-state index is 12.9. The summed E-state index contributed by atoms with van der Waals surface area (Å²) in [5, 5.41) is 0. The molecule has 0 fully saturated rings. The molecule has 126 valence electrons. The van der Waals surface area contributed by atoms with E-state index in [1.807, 2.05) is 0 Å². The Bertz CT molecular complexity index is 1070. The van der Waals surface area contributed by atoms with E-state index in [9.17, 15) is 17.6 Å². The van der Waals surface area contributed by atoms with E-state index in [0.29, 0.717) is 0 Å². The number of nitrogens with zero attached hydrogens (tertiary/aromatic N) is 2. The number of imidazole rings is 1. The van der Waals surface area contributed by atoms with Crippen LogP contribution in [-0.2, 0) is 30.7 Å². The number of aromatic nitrogens is 2.